The Balaban J connectivity index is 2.56. The number of thioether (sulfide) groups is 1. The van der Waals surface area contributed by atoms with Crippen LogP contribution in [0.1, 0.15) is 89.0 Å². The Morgan fingerprint density at radius 2 is 1.65 bits per heavy atom. The van der Waals surface area contributed by atoms with Gasteiger partial charge in [-0.1, -0.05) is 50.8 Å². The summed E-state index contributed by atoms with van der Waals surface area (Å²) in [5.74, 6) is 0.716. The van der Waals surface area contributed by atoms with Gasteiger partial charge in [-0.25, -0.2) is 4.79 Å². The molecule has 0 saturated carbocycles. The zero-order valence-electron chi connectivity index (χ0n) is 27.2. The number of rotatable bonds is 16. The van der Waals surface area contributed by atoms with Crippen molar-refractivity contribution in [3.05, 3.63) is 59.2 Å². The number of amides is 3. The maximum atomic E-state index is 14.5. The molecule has 0 spiro atoms. The third kappa shape index (κ3) is 11.8. The number of carbonyl (C=O) groups excluding carboxylic acids is 3. The number of methoxy groups -OCH3 is 1. The van der Waals surface area contributed by atoms with E-state index in [2.05, 4.69) is 17.6 Å². The summed E-state index contributed by atoms with van der Waals surface area (Å²) >= 11 is 1.59. The second-order valence-corrected chi connectivity index (χ2v) is 12.8. The molecule has 0 saturated heterocycles. The average molecular weight is 614 g/mol. The molecule has 8 nitrogen and oxygen atoms in total. The quantitative estimate of drug-likeness (QED) is 0.191. The van der Waals surface area contributed by atoms with E-state index in [9.17, 15) is 14.4 Å². The molecule has 2 unspecified atom stereocenters. The van der Waals surface area contributed by atoms with E-state index in [1.807, 2.05) is 38.3 Å². The van der Waals surface area contributed by atoms with Crippen molar-refractivity contribution in [1.82, 2.24) is 10.2 Å². The third-order valence-corrected chi connectivity index (χ3v) is 7.89. The summed E-state index contributed by atoms with van der Waals surface area (Å²) < 4.78 is 10.8. The fourth-order valence-corrected chi connectivity index (χ4v) is 5.27. The average Bonchev–Trinajstić information content (AvgIpc) is 2.95. The predicted octanol–water partition coefficient (Wildman–Crippen LogP) is 7.44. The van der Waals surface area contributed by atoms with E-state index in [1.54, 1.807) is 68.8 Å². The summed E-state index contributed by atoms with van der Waals surface area (Å²) in [7, 11) is 1.59. The van der Waals surface area contributed by atoms with Crippen molar-refractivity contribution in [3.8, 4) is 5.75 Å². The summed E-state index contributed by atoms with van der Waals surface area (Å²) in [5, 5.41) is 5.86. The molecular weight excluding hydrogens is 562 g/mol. The van der Waals surface area contributed by atoms with E-state index in [4.69, 9.17) is 9.47 Å². The van der Waals surface area contributed by atoms with Crippen molar-refractivity contribution >= 4 is 35.4 Å². The van der Waals surface area contributed by atoms with Crippen LogP contribution in [0.3, 0.4) is 0 Å². The molecule has 2 aromatic rings. The number of aryl methyl sites for hydroxylation is 1. The number of hydrogen-bond donors (Lipinski definition) is 2. The monoisotopic (exact) mass is 613 g/mol. The molecule has 0 aromatic heterocycles. The van der Waals surface area contributed by atoms with Crippen molar-refractivity contribution in [2.75, 3.05) is 31.0 Å². The number of unbranched alkanes of at least 4 members (excludes halogenated alkanes) is 4. The fourth-order valence-electron chi connectivity index (χ4n) is 4.80. The number of carbonyl (C=O) groups is 3. The molecular formula is C34H51N3O5S. The lowest BCUT2D eigenvalue weighted by Crippen LogP contribution is -2.53. The molecule has 0 aliphatic rings. The molecule has 0 bridgehead atoms. The van der Waals surface area contributed by atoms with Crippen molar-refractivity contribution in [3.63, 3.8) is 0 Å². The van der Waals surface area contributed by atoms with E-state index in [0.29, 0.717) is 30.2 Å². The number of anilines is 1. The highest BCUT2D eigenvalue weighted by Crippen LogP contribution is 2.30. The van der Waals surface area contributed by atoms with Crippen LogP contribution >= 0.6 is 11.8 Å². The second-order valence-electron chi connectivity index (χ2n) is 11.8. The topological polar surface area (TPSA) is 97.0 Å². The van der Waals surface area contributed by atoms with Crippen molar-refractivity contribution in [2.24, 2.45) is 0 Å². The van der Waals surface area contributed by atoms with Gasteiger partial charge in [-0.15, -0.1) is 0 Å². The lowest BCUT2D eigenvalue weighted by Gasteiger charge is -2.35. The minimum Gasteiger partial charge on any atom is -0.497 e. The number of nitrogens with one attached hydrogen (secondary N) is 2. The number of benzene rings is 2. The minimum atomic E-state index is -0.905. The molecule has 238 valence electrons. The van der Waals surface area contributed by atoms with Crippen LogP contribution in [0.4, 0.5) is 10.5 Å². The van der Waals surface area contributed by atoms with Gasteiger partial charge in [0.05, 0.1) is 7.11 Å². The highest BCUT2D eigenvalue weighted by Gasteiger charge is 2.37. The molecule has 2 aromatic carbocycles. The maximum Gasteiger partial charge on any atom is 0.408 e. The largest absolute Gasteiger partial charge is 0.497 e. The first-order valence-electron chi connectivity index (χ1n) is 15.2. The summed E-state index contributed by atoms with van der Waals surface area (Å²) in [6.07, 6.45) is 6.67. The van der Waals surface area contributed by atoms with Crippen LogP contribution in [0.5, 0.6) is 5.75 Å². The Kier molecular flexibility index (Phi) is 14.9. The molecule has 2 rings (SSSR count). The Morgan fingerprint density at radius 3 is 2.26 bits per heavy atom. The molecule has 0 fully saturated rings. The molecule has 0 radical (unpaired) electrons. The third-order valence-electron chi connectivity index (χ3n) is 7.24. The smallest absolute Gasteiger partial charge is 0.408 e. The maximum absolute atomic E-state index is 14.5. The Bertz CT molecular complexity index is 1180. The highest BCUT2D eigenvalue weighted by atomic mass is 32.2. The Labute approximate surface area is 262 Å². The van der Waals surface area contributed by atoms with Gasteiger partial charge in [0, 0.05) is 12.2 Å². The molecule has 2 atom stereocenters. The lowest BCUT2D eigenvalue weighted by molar-refractivity contribution is -0.141. The number of hydrogen-bond acceptors (Lipinski definition) is 6. The van der Waals surface area contributed by atoms with E-state index < -0.39 is 23.8 Å². The first-order chi connectivity index (χ1) is 20.4. The summed E-state index contributed by atoms with van der Waals surface area (Å²) in [4.78, 5) is 43.2. The van der Waals surface area contributed by atoms with Gasteiger partial charge < -0.3 is 25.0 Å². The zero-order valence-corrected chi connectivity index (χ0v) is 28.1. The van der Waals surface area contributed by atoms with E-state index in [1.165, 1.54) is 0 Å². The molecule has 0 aliphatic carbocycles. The summed E-state index contributed by atoms with van der Waals surface area (Å²) in [6.45, 7) is 11.9. The van der Waals surface area contributed by atoms with Gasteiger partial charge in [0.1, 0.15) is 23.4 Å². The fraction of sp³-hybridized carbons (Fsp3) is 0.559. The van der Waals surface area contributed by atoms with Gasteiger partial charge in [-0.05, 0) is 100 Å². The summed E-state index contributed by atoms with van der Waals surface area (Å²) in [6, 6.07) is 11.2. The first kappa shape index (κ1) is 36.0. The van der Waals surface area contributed by atoms with Crippen LogP contribution in [0.25, 0.3) is 0 Å². The standard InChI is InChI=1S/C34H51N3O5S/c1-9-10-11-12-13-22-37(32(39)29(21-23-43-8)36-33(40)42-34(4,5)6)30(28-16-14-15-24(2)25(28)3)31(38)35-26-17-19-27(41-7)20-18-26/h14-20,29-30H,9-13,21-23H2,1-8H3,(H,35,38)(H,36,40). The first-order valence-corrected chi connectivity index (χ1v) is 16.6. The van der Waals surface area contributed by atoms with E-state index in [-0.39, 0.29) is 11.8 Å². The van der Waals surface area contributed by atoms with Crippen LogP contribution in [-0.4, -0.2) is 60.1 Å². The Morgan fingerprint density at radius 1 is 0.977 bits per heavy atom. The van der Waals surface area contributed by atoms with Gasteiger partial charge in [0.2, 0.25) is 5.91 Å². The molecule has 3 amide bonds. The highest BCUT2D eigenvalue weighted by molar-refractivity contribution is 7.98. The van der Waals surface area contributed by atoms with Crippen molar-refractivity contribution in [1.29, 1.82) is 0 Å². The van der Waals surface area contributed by atoms with Gasteiger partial charge >= 0.3 is 6.09 Å². The van der Waals surface area contributed by atoms with Crippen LogP contribution in [-0.2, 0) is 14.3 Å². The van der Waals surface area contributed by atoms with Crippen LogP contribution in [0.15, 0.2) is 42.5 Å². The van der Waals surface area contributed by atoms with Crippen LogP contribution in [0.2, 0.25) is 0 Å². The van der Waals surface area contributed by atoms with Crippen LogP contribution < -0.4 is 15.4 Å². The van der Waals surface area contributed by atoms with Gasteiger partial charge in [-0.2, -0.15) is 11.8 Å². The van der Waals surface area contributed by atoms with E-state index >= 15 is 0 Å². The lowest BCUT2D eigenvalue weighted by atomic mass is 9.94. The summed E-state index contributed by atoms with van der Waals surface area (Å²) in [5.41, 5.74) is 2.62. The molecule has 43 heavy (non-hydrogen) atoms. The molecule has 0 heterocycles. The van der Waals surface area contributed by atoms with Gasteiger partial charge in [0.25, 0.3) is 5.91 Å². The zero-order chi connectivity index (χ0) is 32.0. The van der Waals surface area contributed by atoms with Gasteiger partial charge in [-0.3, -0.25) is 9.59 Å². The van der Waals surface area contributed by atoms with Gasteiger partial charge in [0.15, 0.2) is 0 Å². The normalized spacial score (nSPS) is 12.7. The Hall–Kier alpha value is -3.20. The predicted molar refractivity (Wildman–Crippen MR) is 177 cm³/mol. The van der Waals surface area contributed by atoms with Crippen molar-refractivity contribution < 1.29 is 23.9 Å². The van der Waals surface area contributed by atoms with E-state index in [0.717, 1.165) is 48.8 Å². The van der Waals surface area contributed by atoms with Crippen LogP contribution in [0, 0.1) is 13.8 Å². The molecule has 9 heteroatoms. The number of ether oxygens (including phenoxy) is 2. The van der Waals surface area contributed by atoms with Crippen molar-refractivity contribution in [2.45, 2.75) is 97.8 Å². The molecule has 0 aliphatic heterocycles. The number of alkyl carbamates (subject to hydrolysis) is 1. The second kappa shape index (κ2) is 17.8. The SMILES string of the molecule is CCCCCCCN(C(=O)C(CCSC)NC(=O)OC(C)(C)C)C(C(=O)Nc1ccc(OC)cc1)c1cccc(C)c1C. The molecule has 2 N–H and O–H groups in total. The number of nitrogens with zero attached hydrogens (tertiary/aromatic N) is 1. The minimum absolute atomic E-state index is 0.300.